The smallest absolute Gasteiger partial charge is 0.265 e. The molecule has 0 aliphatic carbocycles. The lowest BCUT2D eigenvalue weighted by molar-refractivity contribution is -0.122. The van der Waals surface area contributed by atoms with Crippen molar-refractivity contribution < 1.29 is 18.7 Å². The summed E-state index contributed by atoms with van der Waals surface area (Å²) in [5.41, 5.74) is 0.757. The molecule has 3 rings (SSSR count). The average Bonchev–Trinajstić information content (AvgIpc) is 3.24. The summed E-state index contributed by atoms with van der Waals surface area (Å²) in [5, 5.41) is 6.09. The Morgan fingerprint density at radius 2 is 1.93 bits per heavy atom. The van der Waals surface area contributed by atoms with E-state index in [0.717, 1.165) is 0 Å². The first kappa shape index (κ1) is 20.5. The number of hydrogen-bond acceptors (Lipinski definition) is 4. The van der Waals surface area contributed by atoms with Crippen molar-refractivity contribution in [1.82, 2.24) is 5.32 Å². The lowest BCUT2D eigenvalue weighted by Gasteiger charge is -2.18. The molecule has 1 heterocycles. The van der Waals surface area contributed by atoms with Crippen LogP contribution < -0.4 is 15.4 Å². The number of halogens is 1. The third-order valence-corrected chi connectivity index (χ3v) is 4.41. The van der Waals surface area contributed by atoms with Crippen LogP contribution in [0.25, 0.3) is 0 Å². The number of amides is 2. The van der Waals surface area contributed by atoms with Crippen molar-refractivity contribution in [3.63, 3.8) is 0 Å². The zero-order valence-electron chi connectivity index (χ0n) is 15.9. The lowest BCUT2D eigenvalue weighted by Crippen LogP contribution is -2.33. The van der Waals surface area contributed by atoms with E-state index in [4.69, 9.17) is 20.8 Å². The Balaban J connectivity index is 1.68. The van der Waals surface area contributed by atoms with Gasteiger partial charge in [-0.15, -0.1) is 0 Å². The number of carbonyl (C=O) groups excluding carboxylic acids is 2. The van der Waals surface area contributed by atoms with E-state index >= 15 is 0 Å². The molecular weight excluding hydrogens is 392 g/mol. The molecule has 0 fully saturated rings. The Bertz CT molecular complexity index is 972. The fourth-order valence-corrected chi connectivity index (χ4v) is 2.89. The maximum Gasteiger partial charge on any atom is 0.265 e. The summed E-state index contributed by atoms with van der Waals surface area (Å²) in [4.78, 5) is 25.3. The first-order valence-electron chi connectivity index (χ1n) is 9.19. The van der Waals surface area contributed by atoms with Gasteiger partial charge in [-0.2, -0.15) is 0 Å². The van der Waals surface area contributed by atoms with Gasteiger partial charge in [0.15, 0.2) is 6.10 Å². The van der Waals surface area contributed by atoms with E-state index in [2.05, 4.69) is 10.6 Å². The molecule has 2 amide bonds. The van der Waals surface area contributed by atoms with Gasteiger partial charge in [0.2, 0.25) is 0 Å². The minimum absolute atomic E-state index is 0.254. The molecule has 0 aliphatic rings. The van der Waals surface area contributed by atoms with Crippen molar-refractivity contribution in [3.05, 3.63) is 83.3 Å². The van der Waals surface area contributed by atoms with E-state index in [1.54, 1.807) is 66.9 Å². The number of nitrogens with one attached hydrogen (secondary N) is 2. The monoisotopic (exact) mass is 412 g/mol. The van der Waals surface area contributed by atoms with E-state index in [1.807, 2.05) is 6.92 Å². The molecule has 1 aromatic heterocycles. The largest absolute Gasteiger partial charge is 0.481 e. The second-order valence-corrected chi connectivity index (χ2v) is 6.71. The molecule has 0 aliphatic heterocycles. The van der Waals surface area contributed by atoms with Crippen molar-refractivity contribution in [2.75, 3.05) is 5.32 Å². The van der Waals surface area contributed by atoms with Crippen LogP contribution >= 0.6 is 11.6 Å². The van der Waals surface area contributed by atoms with Gasteiger partial charge >= 0.3 is 0 Å². The number of hydrogen-bond donors (Lipinski definition) is 2. The summed E-state index contributed by atoms with van der Waals surface area (Å²) in [5.74, 6) is 0.477. The number of carbonyl (C=O) groups is 2. The Hall–Kier alpha value is -3.25. The van der Waals surface area contributed by atoms with Gasteiger partial charge in [-0.3, -0.25) is 9.59 Å². The van der Waals surface area contributed by atoms with Gasteiger partial charge in [-0.1, -0.05) is 36.7 Å². The molecule has 0 radical (unpaired) electrons. The van der Waals surface area contributed by atoms with Gasteiger partial charge in [0.25, 0.3) is 11.8 Å². The van der Waals surface area contributed by atoms with Crippen molar-refractivity contribution >= 4 is 29.1 Å². The molecule has 3 aromatic rings. The molecule has 150 valence electrons. The summed E-state index contributed by atoms with van der Waals surface area (Å²) in [6.07, 6.45) is 1.26. The minimum atomic E-state index is -0.729. The average molecular weight is 413 g/mol. The predicted molar refractivity (Wildman–Crippen MR) is 111 cm³/mol. The highest BCUT2D eigenvalue weighted by Gasteiger charge is 2.21. The van der Waals surface area contributed by atoms with E-state index in [0.29, 0.717) is 34.2 Å². The minimum Gasteiger partial charge on any atom is -0.481 e. The first-order chi connectivity index (χ1) is 14.1. The number of rotatable bonds is 8. The van der Waals surface area contributed by atoms with Crippen LogP contribution in [-0.2, 0) is 11.3 Å². The van der Waals surface area contributed by atoms with E-state index in [1.165, 1.54) is 0 Å². The molecule has 29 heavy (non-hydrogen) atoms. The second kappa shape index (κ2) is 9.80. The molecular formula is C22H21ClN2O4. The van der Waals surface area contributed by atoms with Gasteiger partial charge in [0.1, 0.15) is 11.5 Å². The molecule has 0 saturated heterocycles. The Labute approximate surface area is 173 Å². The Morgan fingerprint density at radius 1 is 1.10 bits per heavy atom. The number of anilines is 1. The summed E-state index contributed by atoms with van der Waals surface area (Å²) in [6.45, 7) is 2.10. The number of para-hydroxylation sites is 1. The maximum absolute atomic E-state index is 12.7. The molecule has 0 spiro atoms. The third kappa shape index (κ3) is 5.62. The molecule has 0 saturated carbocycles. The zero-order valence-corrected chi connectivity index (χ0v) is 16.6. The fraction of sp³-hybridized carbons (Fsp3) is 0.182. The van der Waals surface area contributed by atoms with Crippen LogP contribution in [0.5, 0.6) is 5.75 Å². The highest BCUT2D eigenvalue weighted by molar-refractivity contribution is 6.30. The van der Waals surface area contributed by atoms with E-state index < -0.39 is 6.10 Å². The Morgan fingerprint density at radius 3 is 2.66 bits per heavy atom. The molecule has 7 heteroatoms. The molecule has 2 aromatic carbocycles. The highest BCUT2D eigenvalue weighted by atomic mass is 35.5. The van der Waals surface area contributed by atoms with Crippen LogP contribution in [0, 0.1) is 0 Å². The first-order valence-corrected chi connectivity index (χ1v) is 9.57. The summed E-state index contributed by atoms with van der Waals surface area (Å²) in [7, 11) is 0. The highest BCUT2D eigenvalue weighted by Crippen LogP contribution is 2.21. The predicted octanol–water partition coefficient (Wildman–Crippen LogP) is 4.66. The molecule has 1 atom stereocenters. The van der Waals surface area contributed by atoms with Gasteiger partial charge in [-0.25, -0.2) is 0 Å². The topological polar surface area (TPSA) is 80.6 Å². The van der Waals surface area contributed by atoms with Crippen LogP contribution in [0.1, 0.15) is 29.5 Å². The van der Waals surface area contributed by atoms with Crippen LogP contribution in [0.15, 0.2) is 71.3 Å². The van der Waals surface area contributed by atoms with Crippen LogP contribution in [0.2, 0.25) is 5.02 Å². The third-order valence-electron chi connectivity index (χ3n) is 4.17. The van der Waals surface area contributed by atoms with Crippen LogP contribution in [0.3, 0.4) is 0 Å². The van der Waals surface area contributed by atoms with Crippen molar-refractivity contribution in [2.45, 2.75) is 26.0 Å². The fourth-order valence-electron chi connectivity index (χ4n) is 2.71. The molecule has 2 N–H and O–H groups in total. The Kier molecular flexibility index (Phi) is 6.92. The maximum atomic E-state index is 12.7. The van der Waals surface area contributed by atoms with Gasteiger partial charge < -0.3 is 19.8 Å². The van der Waals surface area contributed by atoms with Crippen molar-refractivity contribution in [3.8, 4) is 5.75 Å². The van der Waals surface area contributed by atoms with Gasteiger partial charge in [0, 0.05) is 5.02 Å². The SMILES string of the molecule is CC[C@H](Oc1cccc(Cl)c1)C(=O)Nc1ccccc1C(=O)NCc1ccco1. The summed E-state index contributed by atoms with van der Waals surface area (Å²) >= 11 is 5.97. The molecule has 6 nitrogen and oxygen atoms in total. The zero-order chi connectivity index (χ0) is 20.6. The second-order valence-electron chi connectivity index (χ2n) is 6.27. The molecule has 0 unspecified atom stereocenters. The number of benzene rings is 2. The summed E-state index contributed by atoms with van der Waals surface area (Å²) < 4.78 is 11.0. The standard InChI is InChI=1S/C22H21ClN2O4/c1-2-20(29-16-8-5-7-15(23)13-16)22(27)25-19-11-4-3-10-18(19)21(26)24-14-17-9-6-12-28-17/h3-13,20H,2,14H2,1H3,(H,24,26)(H,25,27)/t20-/m0/s1. The van der Waals surface area contributed by atoms with Crippen molar-refractivity contribution in [2.24, 2.45) is 0 Å². The quantitative estimate of drug-likeness (QED) is 0.564. The van der Waals surface area contributed by atoms with Gasteiger partial charge in [-0.05, 0) is 48.9 Å². The van der Waals surface area contributed by atoms with Gasteiger partial charge in [0.05, 0.1) is 24.1 Å². The van der Waals surface area contributed by atoms with Crippen molar-refractivity contribution in [1.29, 1.82) is 0 Å². The molecule has 0 bridgehead atoms. The van der Waals surface area contributed by atoms with Crippen LogP contribution in [-0.4, -0.2) is 17.9 Å². The normalized spacial score (nSPS) is 11.5. The van der Waals surface area contributed by atoms with Crippen LogP contribution in [0.4, 0.5) is 5.69 Å². The van der Waals surface area contributed by atoms with E-state index in [-0.39, 0.29) is 18.4 Å². The van der Waals surface area contributed by atoms with E-state index in [9.17, 15) is 9.59 Å². The number of furan rings is 1. The summed E-state index contributed by atoms with van der Waals surface area (Å²) in [6, 6.07) is 17.2. The number of ether oxygens (including phenoxy) is 1. The lowest BCUT2D eigenvalue weighted by atomic mass is 10.1.